The topological polar surface area (TPSA) is 57.6 Å². The Labute approximate surface area is 166 Å². The number of fused-ring (bicyclic) bond motifs is 1. The molecule has 1 heterocycles. The van der Waals surface area contributed by atoms with Gasteiger partial charge in [0.15, 0.2) is 11.4 Å². The van der Waals surface area contributed by atoms with Crippen molar-refractivity contribution in [3.8, 4) is 0 Å². The zero-order valence-electron chi connectivity index (χ0n) is 15.3. The summed E-state index contributed by atoms with van der Waals surface area (Å²) in [6.07, 6.45) is -0.478. The van der Waals surface area contributed by atoms with Crippen molar-refractivity contribution in [2.24, 2.45) is 0 Å². The Morgan fingerprint density at radius 3 is 2.38 bits per heavy atom. The molecular formula is C23H17F2NO3. The van der Waals surface area contributed by atoms with Crippen LogP contribution in [0.15, 0.2) is 72.8 Å². The van der Waals surface area contributed by atoms with E-state index in [2.05, 4.69) is 0 Å². The number of Topliss-reactive ketones (excluding diaryl/α,β-unsaturated/α-hetero) is 1. The SMILES string of the molecule is O=C(C[C@]1(O)C(=O)N(Cc2cccc(F)c2)c2ccccc21)c1ccc(F)cc1. The lowest BCUT2D eigenvalue weighted by Gasteiger charge is -2.23. The summed E-state index contributed by atoms with van der Waals surface area (Å²) in [5.74, 6) is -2.05. The summed E-state index contributed by atoms with van der Waals surface area (Å²) >= 11 is 0. The quantitative estimate of drug-likeness (QED) is 0.668. The first-order valence-electron chi connectivity index (χ1n) is 9.05. The number of rotatable bonds is 5. The number of para-hydroxylation sites is 1. The van der Waals surface area contributed by atoms with Gasteiger partial charge in [0, 0.05) is 11.1 Å². The molecule has 0 aromatic heterocycles. The van der Waals surface area contributed by atoms with Crippen LogP contribution in [0.2, 0.25) is 0 Å². The number of benzene rings is 3. The zero-order valence-corrected chi connectivity index (χ0v) is 15.3. The van der Waals surface area contributed by atoms with Crippen LogP contribution in [0.4, 0.5) is 14.5 Å². The Morgan fingerprint density at radius 2 is 1.66 bits per heavy atom. The Hall–Kier alpha value is -3.38. The van der Waals surface area contributed by atoms with Gasteiger partial charge in [-0.2, -0.15) is 0 Å². The number of halogens is 2. The summed E-state index contributed by atoms with van der Waals surface area (Å²) in [6, 6.07) is 17.4. The molecule has 0 unspecified atom stereocenters. The molecule has 4 rings (SSSR count). The molecule has 1 atom stereocenters. The molecule has 0 radical (unpaired) electrons. The van der Waals surface area contributed by atoms with Gasteiger partial charge in [-0.25, -0.2) is 8.78 Å². The van der Waals surface area contributed by atoms with Gasteiger partial charge < -0.3 is 10.0 Å². The van der Waals surface area contributed by atoms with Gasteiger partial charge in [0.25, 0.3) is 5.91 Å². The number of carbonyl (C=O) groups is 2. The Kier molecular flexibility index (Phi) is 4.72. The lowest BCUT2D eigenvalue weighted by atomic mass is 9.88. The van der Waals surface area contributed by atoms with Gasteiger partial charge in [-0.3, -0.25) is 9.59 Å². The van der Waals surface area contributed by atoms with Gasteiger partial charge in [0.2, 0.25) is 0 Å². The number of ketones is 1. The van der Waals surface area contributed by atoms with E-state index in [1.165, 1.54) is 29.2 Å². The largest absolute Gasteiger partial charge is 0.375 e. The number of carbonyl (C=O) groups excluding carboxylic acids is 2. The van der Waals surface area contributed by atoms with Crippen LogP contribution >= 0.6 is 0 Å². The number of anilines is 1. The van der Waals surface area contributed by atoms with Crippen molar-refractivity contribution in [3.63, 3.8) is 0 Å². The van der Waals surface area contributed by atoms with E-state index in [1.54, 1.807) is 36.4 Å². The number of hydrogen-bond donors (Lipinski definition) is 1. The van der Waals surface area contributed by atoms with Gasteiger partial charge >= 0.3 is 0 Å². The van der Waals surface area contributed by atoms with Crippen molar-refractivity contribution in [2.45, 2.75) is 18.6 Å². The van der Waals surface area contributed by atoms with Crippen molar-refractivity contribution < 1.29 is 23.5 Å². The zero-order chi connectivity index (χ0) is 20.6. The third-order valence-corrected chi connectivity index (χ3v) is 5.05. The van der Waals surface area contributed by atoms with E-state index in [0.29, 0.717) is 16.8 Å². The highest BCUT2D eigenvalue weighted by Crippen LogP contribution is 2.43. The Morgan fingerprint density at radius 1 is 0.931 bits per heavy atom. The van der Waals surface area contributed by atoms with Crippen LogP contribution in [0.3, 0.4) is 0 Å². The van der Waals surface area contributed by atoms with E-state index in [0.717, 1.165) is 12.1 Å². The first kappa shape index (κ1) is 19.0. The Balaban J connectivity index is 1.67. The van der Waals surface area contributed by atoms with Crippen molar-refractivity contribution in [1.29, 1.82) is 0 Å². The fraction of sp³-hybridized carbons (Fsp3) is 0.130. The van der Waals surface area contributed by atoms with Crippen LogP contribution in [0.5, 0.6) is 0 Å². The lowest BCUT2D eigenvalue weighted by molar-refractivity contribution is -0.136. The second kappa shape index (κ2) is 7.22. The normalized spacial score (nSPS) is 18.0. The highest BCUT2D eigenvalue weighted by atomic mass is 19.1. The minimum absolute atomic E-state index is 0.0562. The standard InChI is InChI=1S/C23H17F2NO3/c24-17-10-8-16(9-11-17)21(27)13-23(29)19-6-1-2-7-20(19)26(22(23)28)14-15-4-3-5-18(25)12-15/h1-12,29H,13-14H2/t23-/m1/s1. The molecule has 0 saturated heterocycles. The minimum atomic E-state index is -2.05. The molecule has 0 bridgehead atoms. The first-order chi connectivity index (χ1) is 13.9. The van der Waals surface area contributed by atoms with Crippen molar-refractivity contribution in [1.82, 2.24) is 0 Å². The van der Waals surface area contributed by atoms with Crippen molar-refractivity contribution >= 4 is 17.4 Å². The highest BCUT2D eigenvalue weighted by Gasteiger charge is 2.50. The summed E-state index contributed by atoms with van der Waals surface area (Å²) in [5.41, 5.74) is -0.501. The summed E-state index contributed by atoms with van der Waals surface area (Å²) in [6.45, 7) is 0.0562. The molecule has 0 fully saturated rings. The second-order valence-corrected chi connectivity index (χ2v) is 7.01. The van der Waals surface area contributed by atoms with Crippen molar-refractivity contribution in [2.75, 3.05) is 4.90 Å². The van der Waals surface area contributed by atoms with Crippen LogP contribution in [0, 0.1) is 11.6 Å². The summed E-state index contributed by atoms with van der Waals surface area (Å²) in [5, 5.41) is 11.2. The summed E-state index contributed by atoms with van der Waals surface area (Å²) in [4.78, 5) is 27.2. The molecule has 1 amide bonds. The monoisotopic (exact) mass is 393 g/mol. The molecule has 3 aromatic carbocycles. The molecule has 1 aliphatic rings. The summed E-state index contributed by atoms with van der Waals surface area (Å²) < 4.78 is 26.7. The van der Waals surface area contributed by atoms with Gasteiger partial charge in [-0.1, -0.05) is 30.3 Å². The van der Waals surface area contributed by atoms with Crippen LogP contribution in [0.1, 0.15) is 27.9 Å². The maximum Gasteiger partial charge on any atom is 0.264 e. The van der Waals surface area contributed by atoms with E-state index >= 15 is 0 Å². The molecule has 1 N–H and O–H groups in total. The number of amides is 1. The second-order valence-electron chi connectivity index (χ2n) is 7.01. The predicted octanol–water partition coefficient (Wildman–Crippen LogP) is 3.97. The highest BCUT2D eigenvalue weighted by molar-refractivity contribution is 6.10. The molecule has 0 saturated carbocycles. The fourth-order valence-electron chi connectivity index (χ4n) is 3.62. The molecular weight excluding hydrogens is 376 g/mol. The van der Waals surface area contributed by atoms with E-state index in [1.807, 2.05) is 0 Å². The molecule has 3 aromatic rings. The molecule has 4 nitrogen and oxygen atoms in total. The van der Waals surface area contributed by atoms with Crippen LogP contribution in [-0.4, -0.2) is 16.8 Å². The van der Waals surface area contributed by atoms with E-state index in [-0.39, 0.29) is 12.1 Å². The minimum Gasteiger partial charge on any atom is -0.375 e. The van der Waals surface area contributed by atoms with Crippen molar-refractivity contribution in [3.05, 3.63) is 101 Å². The average Bonchev–Trinajstić information content (AvgIpc) is 2.91. The third-order valence-electron chi connectivity index (χ3n) is 5.05. The molecule has 0 aliphatic carbocycles. The van der Waals surface area contributed by atoms with Gasteiger partial charge in [-0.05, 0) is 48.0 Å². The van der Waals surface area contributed by atoms with E-state index in [9.17, 15) is 23.5 Å². The average molecular weight is 393 g/mol. The number of nitrogens with zero attached hydrogens (tertiary/aromatic N) is 1. The van der Waals surface area contributed by atoms with Crippen LogP contribution in [0.25, 0.3) is 0 Å². The molecule has 0 spiro atoms. The number of hydrogen-bond acceptors (Lipinski definition) is 3. The van der Waals surface area contributed by atoms with Gasteiger partial charge in [-0.15, -0.1) is 0 Å². The predicted molar refractivity (Wildman–Crippen MR) is 103 cm³/mol. The van der Waals surface area contributed by atoms with Crippen LogP contribution < -0.4 is 4.90 Å². The maximum atomic E-state index is 13.6. The first-order valence-corrected chi connectivity index (χ1v) is 9.05. The Bertz CT molecular complexity index is 1100. The molecule has 6 heteroatoms. The lowest BCUT2D eigenvalue weighted by Crippen LogP contribution is -2.41. The molecule has 146 valence electrons. The summed E-state index contributed by atoms with van der Waals surface area (Å²) in [7, 11) is 0. The maximum absolute atomic E-state index is 13.6. The van der Waals surface area contributed by atoms with Gasteiger partial charge in [0.1, 0.15) is 11.6 Å². The van der Waals surface area contributed by atoms with Crippen LogP contribution in [-0.2, 0) is 16.9 Å². The number of aliphatic hydroxyl groups is 1. The van der Waals surface area contributed by atoms with E-state index < -0.39 is 35.3 Å². The van der Waals surface area contributed by atoms with Gasteiger partial charge in [0.05, 0.1) is 18.7 Å². The fourth-order valence-corrected chi connectivity index (χ4v) is 3.62. The third kappa shape index (κ3) is 3.43. The smallest absolute Gasteiger partial charge is 0.264 e. The van der Waals surface area contributed by atoms with E-state index in [4.69, 9.17) is 0 Å². The molecule has 1 aliphatic heterocycles. The molecule has 29 heavy (non-hydrogen) atoms.